The number of methoxy groups -OCH3 is 2. The topological polar surface area (TPSA) is 117 Å². The van der Waals surface area contributed by atoms with Crippen LogP contribution < -0.4 is 29.9 Å². The van der Waals surface area contributed by atoms with Gasteiger partial charge in [0, 0.05) is 76.4 Å². The van der Waals surface area contributed by atoms with E-state index in [-0.39, 0.29) is 36.5 Å². The Labute approximate surface area is 224 Å². The molecule has 2 aromatic carbocycles. The third-order valence-corrected chi connectivity index (χ3v) is 5.78. The van der Waals surface area contributed by atoms with E-state index in [0.29, 0.717) is 61.9 Å². The second kappa shape index (κ2) is 15.9. The van der Waals surface area contributed by atoms with Crippen LogP contribution in [0.3, 0.4) is 0 Å². The van der Waals surface area contributed by atoms with Gasteiger partial charge < -0.3 is 29.9 Å². The van der Waals surface area contributed by atoms with E-state index < -0.39 is 0 Å². The lowest BCUT2D eigenvalue weighted by atomic mass is 10.1. The summed E-state index contributed by atoms with van der Waals surface area (Å²) in [7, 11) is 3.12. The van der Waals surface area contributed by atoms with Gasteiger partial charge in [-0.05, 0) is 37.1 Å². The van der Waals surface area contributed by atoms with E-state index in [1.54, 1.807) is 60.4 Å². The van der Waals surface area contributed by atoms with Crippen LogP contribution in [0, 0.1) is 0 Å². The highest BCUT2D eigenvalue weighted by atomic mass is 16.5. The molecule has 206 valence electrons. The fraction of sp³-hybridized carbons (Fsp3) is 0.429. The van der Waals surface area contributed by atoms with Crippen molar-refractivity contribution in [1.29, 1.82) is 0 Å². The highest BCUT2D eigenvalue weighted by molar-refractivity contribution is 5.94. The monoisotopic (exact) mass is 526 g/mol. The molecule has 0 bridgehead atoms. The van der Waals surface area contributed by atoms with Gasteiger partial charge in [0.1, 0.15) is 11.5 Å². The molecule has 4 amide bonds. The quantitative estimate of drug-likeness (QED) is 0.345. The average molecular weight is 527 g/mol. The van der Waals surface area contributed by atoms with Crippen LogP contribution in [0.4, 0.5) is 11.4 Å². The van der Waals surface area contributed by atoms with Crippen LogP contribution in [0.1, 0.15) is 39.5 Å². The Morgan fingerprint density at radius 2 is 1.08 bits per heavy atom. The molecule has 0 aliphatic carbocycles. The van der Waals surface area contributed by atoms with Gasteiger partial charge in [0.15, 0.2) is 0 Å². The Balaban J connectivity index is 2.00. The molecule has 10 nitrogen and oxygen atoms in total. The molecule has 0 radical (unpaired) electrons. The van der Waals surface area contributed by atoms with Gasteiger partial charge >= 0.3 is 0 Å². The summed E-state index contributed by atoms with van der Waals surface area (Å²) < 4.78 is 10.6. The minimum atomic E-state index is -0.166. The number of carbonyl (C=O) groups is 4. The number of rotatable bonds is 15. The minimum Gasteiger partial charge on any atom is -0.497 e. The highest BCUT2D eigenvalue weighted by Gasteiger charge is 2.19. The van der Waals surface area contributed by atoms with Crippen molar-refractivity contribution in [2.24, 2.45) is 0 Å². The Bertz CT molecular complexity index is 1010. The summed E-state index contributed by atoms with van der Waals surface area (Å²) in [6.45, 7) is 4.13. The van der Waals surface area contributed by atoms with E-state index in [1.165, 1.54) is 13.8 Å². The molecule has 2 rings (SSSR count). The number of ether oxygens (including phenoxy) is 2. The first kappa shape index (κ1) is 30.1. The molecule has 0 spiro atoms. The Hall–Kier alpha value is -4.08. The normalized spacial score (nSPS) is 10.3. The predicted octanol–water partition coefficient (Wildman–Crippen LogP) is 2.90. The van der Waals surface area contributed by atoms with Gasteiger partial charge in [0.2, 0.25) is 23.6 Å². The van der Waals surface area contributed by atoms with Crippen LogP contribution in [-0.2, 0) is 19.2 Å². The van der Waals surface area contributed by atoms with E-state index in [9.17, 15) is 19.2 Å². The smallest absolute Gasteiger partial charge is 0.227 e. The largest absolute Gasteiger partial charge is 0.497 e. The van der Waals surface area contributed by atoms with Gasteiger partial charge in [-0.1, -0.05) is 12.1 Å². The number of carbonyl (C=O) groups excluding carboxylic acids is 4. The molecule has 38 heavy (non-hydrogen) atoms. The highest BCUT2D eigenvalue weighted by Crippen LogP contribution is 2.24. The maximum Gasteiger partial charge on any atom is 0.227 e. The number of nitrogens with one attached hydrogen (secondary N) is 2. The summed E-state index contributed by atoms with van der Waals surface area (Å²) >= 11 is 0. The fourth-order valence-electron chi connectivity index (χ4n) is 3.86. The Morgan fingerprint density at radius 1 is 0.684 bits per heavy atom. The first-order chi connectivity index (χ1) is 18.2. The molecule has 0 unspecified atom stereocenters. The zero-order chi connectivity index (χ0) is 27.9. The summed E-state index contributed by atoms with van der Waals surface area (Å²) in [6.07, 6.45) is 1.52. The van der Waals surface area contributed by atoms with Crippen molar-refractivity contribution in [3.63, 3.8) is 0 Å². The van der Waals surface area contributed by atoms with E-state index >= 15 is 0 Å². The van der Waals surface area contributed by atoms with E-state index in [1.807, 2.05) is 12.1 Å². The average Bonchev–Trinajstić information content (AvgIpc) is 2.91. The number of anilines is 2. The molecule has 0 saturated heterocycles. The van der Waals surface area contributed by atoms with E-state index in [2.05, 4.69) is 10.6 Å². The molecule has 0 aliphatic rings. The molecular formula is C28H38N4O6. The third-order valence-electron chi connectivity index (χ3n) is 5.78. The Kier molecular flexibility index (Phi) is 12.6. The van der Waals surface area contributed by atoms with Crippen molar-refractivity contribution in [3.05, 3.63) is 48.5 Å². The van der Waals surface area contributed by atoms with Crippen LogP contribution in [-0.4, -0.2) is 64.0 Å². The SMILES string of the molecule is COc1cccc(N(CCNC(C)=O)C(=O)CCCCC(=O)N(CCNC(C)=O)c2cccc(OC)c2)c1. The lowest BCUT2D eigenvalue weighted by molar-refractivity contribution is -0.121. The number of hydrogen-bond acceptors (Lipinski definition) is 6. The Morgan fingerprint density at radius 3 is 1.42 bits per heavy atom. The van der Waals surface area contributed by atoms with Gasteiger partial charge in [-0.2, -0.15) is 0 Å². The van der Waals surface area contributed by atoms with Gasteiger partial charge in [0.25, 0.3) is 0 Å². The van der Waals surface area contributed by atoms with Crippen molar-refractivity contribution in [3.8, 4) is 11.5 Å². The molecule has 0 heterocycles. The summed E-state index contributed by atoms with van der Waals surface area (Å²) in [6, 6.07) is 14.4. The zero-order valence-electron chi connectivity index (χ0n) is 22.6. The molecule has 10 heteroatoms. The number of nitrogens with zero attached hydrogens (tertiary/aromatic N) is 2. The van der Waals surface area contributed by atoms with Gasteiger partial charge in [-0.3, -0.25) is 19.2 Å². The van der Waals surface area contributed by atoms with Crippen LogP contribution in [0.25, 0.3) is 0 Å². The first-order valence-electron chi connectivity index (χ1n) is 12.6. The zero-order valence-corrected chi connectivity index (χ0v) is 22.6. The number of amides is 4. The van der Waals surface area contributed by atoms with Crippen molar-refractivity contribution >= 4 is 35.0 Å². The maximum absolute atomic E-state index is 13.1. The fourth-order valence-corrected chi connectivity index (χ4v) is 3.86. The molecule has 2 aromatic rings. The summed E-state index contributed by atoms with van der Waals surface area (Å²) in [5, 5.41) is 5.44. The van der Waals surface area contributed by atoms with Gasteiger partial charge in [-0.15, -0.1) is 0 Å². The second-order valence-corrected chi connectivity index (χ2v) is 8.67. The van der Waals surface area contributed by atoms with E-state index in [0.717, 1.165) is 0 Å². The van der Waals surface area contributed by atoms with Crippen LogP contribution >= 0.6 is 0 Å². The van der Waals surface area contributed by atoms with Crippen molar-refractivity contribution in [2.75, 3.05) is 50.2 Å². The molecule has 0 fully saturated rings. The number of hydrogen-bond donors (Lipinski definition) is 2. The standard InChI is InChI=1S/C28H38N4O6/c1-21(33)29-15-17-31(23-9-7-11-25(19-23)37-3)27(35)13-5-6-14-28(36)32(18-16-30-22(2)34)24-10-8-12-26(20-24)38-4/h7-12,19-20H,5-6,13-18H2,1-4H3,(H,29,33)(H,30,34). The van der Waals surface area contributed by atoms with Crippen molar-refractivity contribution in [2.45, 2.75) is 39.5 Å². The van der Waals surface area contributed by atoms with E-state index in [4.69, 9.17) is 9.47 Å². The number of unbranched alkanes of at least 4 members (excludes halogenated alkanes) is 1. The van der Waals surface area contributed by atoms with Crippen LogP contribution in [0.5, 0.6) is 11.5 Å². The molecular weight excluding hydrogens is 488 g/mol. The van der Waals surface area contributed by atoms with Gasteiger partial charge in [0.05, 0.1) is 14.2 Å². The maximum atomic E-state index is 13.1. The lowest BCUT2D eigenvalue weighted by Crippen LogP contribution is -2.38. The van der Waals surface area contributed by atoms with Crippen molar-refractivity contribution in [1.82, 2.24) is 10.6 Å². The summed E-state index contributed by atoms with van der Waals surface area (Å²) in [5.74, 6) is 0.712. The molecule has 0 saturated carbocycles. The third kappa shape index (κ3) is 10.1. The molecule has 0 aromatic heterocycles. The second-order valence-electron chi connectivity index (χ2n) is 8.67. The summed E-state index contributed by atoms with van der Waals surface area (Å²) in [5.41, 5.74) is 1.36. The molecule has 0 atom stereocenters. The number of benzene rings is 2. The summed E-state index contributed by atoms with van der Waals surface area (Å²) in [4.78, 5) is 52.1. The van der Waals surface area contributed by atoms with Gasteiger partial charge in [-0.25, -0.2) is 0 Å². The molecule has 2 N–H and O–H groups in total. The minimum absolute atomic E-state index is 0.105. The van der Waals surface area contributed by atoms with Crippen molar-refractivity contribution < 1.29 is 28.7 Å². The first-order valence-corrected chi connectivity index (χ1v) is 12.6. The van der Waals surface area contributed by atoms with Crippen LogP contribution in [0.15, 0.2) is 48.5 Å². The molecule has 0 aliphatic heterocycles. The lowest BCUT2D eigenvalue weighted by Gasteiger charge is -2.24. The predicted molar refractivity (Wildman–Crippen MR) is 147 cm³/mol. The van der Waals surface area contributed by atoms with Crippen LogP contribution in [0.2, 0.25) is 0 Å².